The summed E-state index contributed by atoms with van der Waals surface area (Å²) in [5, 5.41) is 0. The molecule has 0 amide bonds. The minimum Gasteiger partial charge on any atom is -0.377 e. The molecule has 0 atom stereocenters. The van der Waals surface area contributed by atoms with E-state index in [1.54, 1.807) is 13.1 Å². The van der Waals surface area contributed by atoms with Gasteiger partial charge in [-0.2, -0.15) is 0 Å². The molecule has 0 unspecified atom stereocenters. The van der Waals surface area contributed by atoms with Crippen LogP contribution in [0.3, 0.4) is 0 Å². The monoisotopic (exact) mass is 274 g/mol. The highest BCUT2D eigenvalue weighted by molar-refractivity contribution is 6.70. The zero-order chi connectivity index (χ0) is 13.9. The molecule has 0 N–H and O–H groups in total. The third-order valence-corrected chi connectivity index (χ3v) is 4.45. The highest BCUT2D eigenvalue weighted by Crippen LogP contribution is 2.16. The molecule has 0 aliphatic heterocycles. The van der Waals surface area contributed by atoms with Gasteiger partial charge in [0.2, 0.25) is 8.41 Å². The van der Waals surface area contributed by atoms with Gasteiger partial charge >= 0.3 is 0 Å². The van der Waals surface area contributed by atoms with Crippen LogP contribution < -0.4 is 0 Å². The second-order valence-corrected chi connectivity index (χ2v) is 9.89. The van der Waals surface area contributed by atoms with Crippen molar-refractivity contribution in [2.75, 3.05) is 13.2 Å². The van der Waals surface area contributed by atoms with Crippen molar-refractivity contribution in [2.24, 2.45) is 0 Å². The molecule has 0 aliphatic rings. The van der Waals surface area contributed by atoms with E-state index in [-0.39, 0.29) is 0 Å². The smallest absolute Gasteiger partial charge is 0.240 e. The molecular weight excluding hydrogens is 243 g/mol. The lowest BCUT2D eigenvalue weighted by Gasteiger charge is -2.09. The first kappa shape index (κ1) is 17.8. The second-order valence-electron chi connectivity index (χ2n) is 5.95. The number of rotatable bonds is 12. The molecule has 108 valence electrons. The van der Waals surface area contributed by atoms with Crippen LogP contribution in [0.2, 0.25) is 19.1 Å². The maximum Gasteiger partial charge on any atom is 0.240 e. The fourth-order valence-corrected chi connectivity index (χ4v) is 2.97. The van der Waals surface area contributed by atoms with E-state index in [1.165, 1.54) is 32.1 Å². The summed E-state index contributed by atoms with van der Waals surface area (Å²) in [7, 11) is -2.28. The van der Waals surface area contributed by atoms with E-state index in [0.29, 0.717) is 6.61 Å². The van der Waals surface area contributed by atoms with Gasteiger partial charge in [0.05, 0.1) is 6.61 Å². The lowest BCUT2D eigenvalue weighted by molar-refractivity contribution is 0.151. The molecule has 0 aromatic rings. The molecule has 0 heterocycles. The SMILES string of the molecule is C=C(C)COCCCCCCCCC[Si](C)(C)F. The zero-order valence-electron chi connectivity index (χ0n) is 12.6. The Morgan fingerprint density at radius 3 is 2.00 bits per heavy atom. The Morgan fingerprint density at radius 1 is 1.00 bits per heavy atom. The average molecular weight is 274 g/mol. The molecule has 1 nitrogen and oxygen atoms in total. The standard InChI is InChI=1S/C15H31FOSi/c1-15(2)14-17-12-10-8-6-5-7-9-11-13-18(3,4)16/h1,5-14H2,2-4H3. The van der Waals surface area contributed by atoms with Crippen LogP contribution in [0.25, 0.3) is 0 Å². The first-order valence-corrected chi connectivity index (χ1v) is 10.4. The van der Waals surface area contributed by atoms with Gasteiger partial charge < -0.3 is 8.84 Å². The molecule has 0 aromatic heterocycles. The Kier molecular flexibility index (Phi) is 10.6. The van der Waals surface area contributed by atoms with Gasteiger partial charge in [-0.25, -0.2) is 0 Å². The van der Waals surface area contributed by atoms with E-state index in [1.807, 2.05) is 6.92 Å². The summed E-state index contributed by atoms with van der Waals surface area (Å²) >= 11 is 0. The van der Waals surface area contributed by atoms with Crippen molar-refractivity contribution in [1.29, 1.82) is 0 Å². The summed E-state index contributed by atoms with van der Waals surface area (Å²) in [6.07, 6.45) is 8.51. The van der Waals surface area contributed by atoms with E-state index in [2.05, 4.69) is 6.58 Å². The van der Waals surface area contributed by atoms with Crippen LogP contribution in [-0.2, 0) is 4.74 Å². The summed E-state index contributed by atoms with van der Waals surface area (Å²) in [4.78, 5) is 0. The largest absolute Gasteiger partial charge is 0.377 e. The van der Waals surface area contributed by atoms with Crippen LogP contribution in [-0.4, -0.2) is 21.6 Å². The van der Waals surface area contributed by atoms with Crippen LogP contribution >= 0.6 is 0 Å². The molecule has 0 fully saturated rings. The van der Waals surface area contributed by atoms with Gasteiger partial charge in [0.15, 0.2) is 0 Å². The fraction of sp³-hybridized carbons (Fsp3) is 0.867. The molecular formula is C15H31FOSi. The van der Waals surface area contributed by atoms with Crippen molar-refractivity contribution in [2.45, 2.75) is 71.0 Å². The van der Waals surface area contributed by atoms with Gasteiger partial charge in [0.1, 0.15) is 0 Å². The molecule has 0 bridgehead atoms. The molecule has 0 rings (SSSR count). The van der Waals surface area contributed by atoms with Gasteiger partial charge in [-0.1, -0.05) is 50.7 Å². The summed E-state index contributed by atoms with van der Waals surface area (Å²) in [5.74, 6) is 0. The lowest BCUT2D eigenvalue weighted by Crippen LogP contribution is -2.16. The predicted molar refractivity (Wildman–Crippen MR) is 81.3 cm³/mol. The first-order chi connectivity index (χ1) is 8.42. The molecule has 0 radical (unpaired) electrons. The molecule has 0 spiro atoms. The van der Waals surface area contributed by atoms with Gasteiger partial charge in [-0.05, 0) is 32.5 Å². The quantitative estimate of drug-likeness (QED) is 0.198. The molecule has 18 heavy (non-hydrogen) atoms. The molecule has 0 aliphatic carbocycles. The number of hydrogen-bond donors (Lipinski definition) is 0. The highest BCUT2D eigenvalue weighted by Gasteiger charge is 2.18. The van der Waals surface area contributed by atoms with E-state index in [4.69, 9.17) is 4.74 Å². The van der Waals surface area contributed by atoms with Crippen molar-refractivity contribution >= 4 is 8.41 Å². The summed E-state index contributed by atoms with van der Waals surface area (Å²) in [5.41, 5.74) is 1.09. The van der Waals surface area contributed by atoms with Crippen molar-refractivity contribution in [3.05, 3.63) is 12.2 Å². The van der Waals surface area contributed by atoms with Crippen molar-refractivity contribution in [1.82, 2.24) is 0 Å². The molecule has 3 heteroatoms. The van der Waals surface area contributed by atoms with E-state index >= 15 is 0 Å². The average Bonchev–Trinajstić information content (AvgIpc) is 2.24. The van der Waals surface area contributed by atoms with Crippen LogP contribution in [0.4, 0.5) is 4.11 Å². The first-order valence-electron chi connectivity index (χ1n) is 7.33. The van der Waals surface area contributed by atoms with E-state index in [0.717, 1.165) is 31.1 Å². The van der Waals surface area contributed by atoms with Crippen molar-refractivity contribution in [3.63, 3.8) is 0 Å². The second kappa shape index (κ2) is 10.7. The Morgan fingerprint density at radius 2 is 1.50 bits per heavy atom. The highest BCUT2D eigenvalue weighted by atomic mass is 28.4. The summed E-state index contributed by atoms with van der Waals surface area (Å²) in [6, 6.07) is 0.835. The number of halogens is 1. The van der Waals surface area contributed by atoms with E-state index < -0.39 is 8.41 Å². The number of ether oxygens (including phenoxy) is 1. The van der Waals surface area contributed by atoms with Crippen molar-refractivity contribution < 1.29 is 8.84 Å². The van der Waals surface area contributed by atoms with Crippen LogP contribution in [0.5, 0.6) is 0 Å². The van der Waals surface area contributed by atoms with Gasteiger partial charge in [-0.15, -0.1) is 0 Å². The van der Waals surface area contributed by atoms with Crippen molar-refractivity contribution in [3.8, 4) is 0 Å². The zero-order valence-corrected chi connectivity index (χ0v) is 13.6. The topological polar surface area (TPSA) is 9.23 Å². The van der Waals surface area contributed by atoms with Gasteiger partial charge in [0.25, 0.3) is 0 Å². The van der Waals surface area contributed by atoms with Gasteiger partial charge in [0, 0.05) is 6.61 Å². The third kappa shape index (κ3) is 15.8. The molecule has 0 saturated heterocycles. The Labute approximate surface area is 114 Å². The Hall–Kier alpha value is -0.153. The maximum absolute atomic E-state index is 13.3. The van der Waals surface area contributed by atoms with Gasteiger partial charge in [-0.3, -0.25) is 0 Å². The normalized spacial score (nSPS) is 11.8. The predicted octanol–water partition coefficient (Wildman–Crippen LogP) is 5.48. The summed E-state index contributed by atoms with van der Waals surface area (Å²) in [6.45, 7) is 10.9. The molecule has 0 saturated carbocycles. The maximum atomic E-state index is 13.3. The van der Waals surface area contributed by atoms with Crippen LogP contribution in [0.15, 0.2) is 12.2 Å². The van der Waals surface area contributed by atoms with Crippen LogP contribution in [0, 0.1) is 0 Å². The van der Waals surface area contributed by atoms with Crippen LogP contribution in [0.1, 0.15) is 51.9 Å². The minimum atomic E-state index is -2.28. The Balaban J connectivity index is 3.06. The number of hydrogen-bond acceptors (Lipinski definition) is 1. The number of unbranched alkanes of at least 4 members (excludes halogenated alkanes) is 6. The third-order valence-electron chi connectivity index (χ3n) is 2.91. The summed E-state index contributed by atoms with van der Waals surface area (Å²) < 4.78 is 18.8. The Bertz CT molecular complexity index is 211. The lowest BCUT2D eigenvalue weighted by atomic mass is 10.1. The fourth-order valence-electron chi connectivity index (χ4n) is 1.88. The van der Waals surface area contributed by atoms with E-state index in [9.17, 15) is 4.11 Å². The minimum absolute atomic E-state index is 0.697. The molecule has 0 aromatic carbocycles.